The normalized spacial score (nSPS) is 17.5. The van der Waals surface area contributed by atoms with E-state index in [-0.39, 0.29) is 5.91 Å². The Hall–Kier alpha value is -1.00. The Morgan fingerprint density at radius 1 is 1.32 bits per heavy atom. The molecule has 1 aliphatic carbocycles. The molecule has 3 N–H and O–H groups in total. The first-order chi connectivity index (χ1) is 10.4. The second kappa shape index (κ2) is 7.51. The largest absolute Gasteiger partial charge is 0.324 e. The van der Waals surface area contributed by atoms with Crippen LogP contribution >= 0.6 is 11.8 Å². The van der Waals surface area contributed by atoms with Crippen LogP contribution in [0.1, 0.15) is 57.1 Å². The lowest BCUT2D eigenvalue weighted by Gasteiger charge is -2.32. The molecule has 2 rings (SSSR count). The van der Waals surface area contributed by atoms with Crippen molar-refractivity contribution in [3.8, 4) is 0 Å². The van der Waals surface area contributed by atoms with Crippen LogP contribution in [-0.2, 0) is 10.5 Å². The molecule has 4 heteroatoms. The molecule has 3 nitrogen and oxygen atoms in total. The van der Waals surface area contributed by atoms with E-state index in [0.717, 1.165) is 42.7 Å². The molecule has 22 heavy (non-hydrogen) atoms. The molecule has 0 saturated heterocycles. The fourth-order valence-corrected chi connectivity index (χ4v) is 3.71. The number of nitrogens with one attached hydrogen (secondary N) is 1. The average molecular weight is 321 g/mol. The van der Waals surface area contributed by atoms with Crippen LogP contribution in [0.15, 0.2) is 18.2 Å². The third-order valence-corrected chi connectivity index (χ3v) is 5.61. The molecule has 0 unspecified atom stereocenters. The monoisotopic (exact) mass is 320 g/mol. The molecule has 1 fully saturated rings. The van der Waals surface area contributed by atoms with Crippen LogP contribution in [0.4, 0.5) is 5.69 Å². The zero-order chi connectivity index (χ0) is 16.2. The second-order valence-corrected chi connectivity index (χ2v) is 8.19. The summed E-state index contributed by atoms with van der Waals surface area (Å²) in [5.41, 5.74) is 8.98. The SMILES string of the molecule is Cc1c(CSC(C)C)cccc1NC(=O)C1(N)CCCCC1. The van der Waals surface area contributed by atoms with Crippen molar-refractivity contribution in [1.82, 2.24) is 0 Å². The molecule has 1 saturated carbocycles. The van der Waals surface area contributed by atoms with Crippen molar-refractivity contribution in [3.63, 3.8) is 0 Å². The number of rotatable bonds is 5. The van der Waals surface area contributed by atoms with Crippen molar-refractivity contribution >= 4 is 23.4 Å². The molecule has 0 spiro atoms. The fourth-order valence-electron chi connectivity index (χ4n) is 2.89. The number of hydrogen-bond acceptors (Lipinski definition) is 3. The Kier molecular flexibility index (Phi) is 5.93. The molecule has 0 aliphatic heterocycles. The number of anilines is 1. The summed E-state index contributed by atoms with van der Waals surface area (Å²) in [5.74, 6) is 0.949. The first-order valence-electron chi connectivity index (χ1n) is 8.23. The van der Waals surface area contributed by atoms with Gasteiger partial charge >= 0.3 is 0 Å². The molecule has 1 aromatic rings. The number of carbonyl (C=O) groups excluding carboxylic acids is 1. The molecular weight excluding hydrogens is 292 g/mol. The molecule has 1 amide bonds. The van der Waals surface area contributed by atoms with E-state index in [1.165, 1.54) is 12.0 Å². The highest BCUT2D eigenvalue weighted by Gasteiger charge is 2.35. The molecule has 122 valence electrons. The van der Waals surface area contributed by atoms with Crippen LogP contribution in [0.2, 0.25) is 0 Å². The molecule has 0 atom stereocenters. The van der Waals surface area contributed by atoms with Crippen molar-refractivity contribution < 1.29 is 4.79 Å². The van der Waals surface area contributed by atoms with Crippen molar-refractivity contribution in [2.75, 3.05) is 5.32 Å². The summed E-state index contributed by atoms with van der Waals surface area (Å²) >= 11 is 1.92. The van der Waals surface area contributed by atoms with Gasteiger partial charge in [-0.25, -0.2) is 0 Å². The van der Waals surface area contributed by atoms with Gasteiger partial charge in [-0.05, 0) is 42.2 Å². The van der Waals surface area contributed by atoms with Gasteiger partial charge in [0.25, 0.3) is 0 Å². The Morgan fingerprint density at radius 2 is 2.00 bits per heavy atom. The van der Waals surface area contributed by atoms with Crippen LogP contribution < -0.4 is 11.1 Å². The summed E-state index contributed by atoms with van der Waals surface area (Å²) in [5, 5.41) is 3.68. The lowest BCUT2D eigenvalue weighted by Crippen LogP contribution is -2.52. The Labute approximate surface area is 138 Å². The summed E-state index contributed by atoms with van der Waals surface area (Å²) in [6, 6.07) is 6.13. The second-order valence-electron chi connectivity index (χ2n) is 6.62. The van der Waals surface area contributed by atoms with E-state index in [2.05, 4.69) is 32.2 Å². The third kappa shape index (κ3) is 4.26. The smallest absolute Gasteiger partial charge is 0.244 e. The quantitative estimate of drug-likeness (QED) is 0.853. The van der Waals surface area contributed by atoms with Crippen molar-refractivity contribution in [1.29, 1.82) is 0 Å². The minimum atomic E-state index is -0.687. The van der Waals surface area contributed by atoms with Gasteiger partial charge in [0.05, 0.1) is 5.54 Å². The van der Waals surface area contributed by atoms with Crippen molar-refractivity contribution in [3.05, 3.63) is 29.3 Å². The standard InChI is InChI=1S/C18H28N2OS/c1-13(2)22-12-15-8-7-9-16(14(15)3)20-17(21)18(19)10-5-4-6-11-18/h7-9,13H,4-6,10-12,19H2,1-3H3,(H,20,21). The van der Waals surface area contributed by atoms with Gasteiger partial charge in [-0.1, -0.05) is 45.2 Å². The lowest BCUT2D eigenvalue weighted by atomic mass is 9.82. The van der Waals surface area contributed by atoms with Gasteiger partial charge in [-0.3, -0.25) is 4.79 Å². The van der Waals surface area contributed by atoms with Crippen LogP contribution in [0.3, 0.4) is 0 Å². The maximum atomic E-state index is 12.6. The highest BCUT2D eigenvalue weighted by Crippen LogP contribution is 2.29. The summed E-state index contributed by atoms with van der Waals surface area (Å²) in [6.45, 7) is 6.48. The third-order valence-electron chi connectivity index (χ3n) is 4.46. The molecular formula is C18H28N2OS. The van der Waals surface area contributed by atoms with Gasteiger partial charge in [0.2, 0.25) is 5.91 Å². The Morgan fingerprint density at radius 3 is 2.64 bits per heavy atom. The molecule has 0 bridgehead atoms. The van der Waals surface area contributed by atoms with E-state index < -0.39 is 5.54 Å². The number of thioether (sulfide) groups is 1. The van der Waals surface area contributed by atoms with Crippen LogP contribution in [0, 0.1) is 6.92 Å². The van der Waals surface area contributed by atoms with Crippen LogP contribution in [0.5, 0.6) is 0 Å². The van der Waals surface area contributed by atoms with E-state index in [1.807, 2.05) is 23.9 Å². The number of nitrogens with two attached hydrogens (primary N) is 1. The molecule has 0 radical (unpaired) electrons. The van der Waals surface area contributed by atoms with E-state index in [1.54, 1.807) is 0 Å². The van der Waals surface area contributed by atoms with Gasteiger partial charge in [0.15, 0.2) is 0 Å². The molecule has 1 aliphatic rings. The maximum Gasteiger partial charge on any atom is 0.244 e. The predicted molar refractivity (Wildman–Crippen MR) is 96.2 cm³/mol. The highest BCUT2D eigenvalue weighted by molar-refractivity contribution is 7.99. The van der Waals surface area contributed by atoms with Crippen LogP contribution in [0.25, 0.3) is 0 Å². The van der Waals surface area contributed by atoms with Gasteiger partial charge in [-0.15, -0.1) is 0 Å². The van der Waals surface area contributed by atoms with Crippen molar-refractivity contribution in [2.24, 2.45) is 5.73 Å². The summed E-state index contributed by atoms with van der Waals surface area (Å²) in [6.07, 6.45) is 4.87. The van der Waals surface area contributed by atoms with Gasteiger partial charge in [0, 0.05) is 11.4 Å². The Balaban J connectivity index is 2.09. The van der Waals surface area contributed by atoms with E-state index in [4.69, 9.17) is 5.73 Å². The lowest BCUT2D eigenvalue weighted by molar-refractivity contribution is -0.122. The number of carbonyl (C=O) groups is 1. The fraction of sp³-hybridized carbons (Fsp3) is 0.611. The molecule has 1 aromatic carbocycles. The van der Waals surface area contributed by atoms with E-state index in [0.29, 0.717) is 5.25 Å². The first kappa shape index (κ1) is 17.4. The van der Waals surface area contributed by atoms with Crippen LogP contribution in [-0.4, -0.2) is 16.7 Å². The zero-order valence-electron chi connectivity index (χ0n) is 13.9. The van der Waals surface area contributed by atoms with Gasteiger partial charge < -0.3 is 11.1 Å². The van der Waals surface area contributed by atoms with Gasteiger partial charge in [0.1, 0.15) is 0 Å². The highest BCUT2D eigenvalue weighted by atomic mass is 32.2. The number of hydrogen-bond donors (Lipinski definition) is 2. The van der Waals surface area contributed by atoms with Crippen molar-refractivity contribution in [2.45, 2.75) is 69.4 Å². The molecule has 0 aromatic heterocycles. The number of benzene rings is 1. The first-order valence-corrected chi connectivity index (χ1v) is 9.28. The topological polar surface area (TPSA) is 55.1 Å². The number of amides is 1. The summed E-state index contributed by atoms with van der Waals surface area (Å²) in [7, 11) is 0. The average Bonchev–Trinajstić information content (AvgIpc) is 2.48. The van der Waals surface area contributed by atoms with E-state index >= 15 is 0 Å². The summed E-state index contributed by atoms with van der Waals surface area (Å²) < 4.78 is 0. The predicted octanol–water partition coefficient (Wildman–Crippen LogP) is 4.24. The Bertz CT molecular complexity index is 522. The summed E-state index contributed by atoms with van der Waals surface area (Å²) in [4.78, 5) is 12.6. The zero-order valence-corrected chi connectivity index (χ0v) is 14.8. The van der Waals surface area contributed by atoms with E-state index in [9.17, 15) is 4.79 Å². The minimum Gasteiger partial charge on any atom is -0.324 e. The molecule has 0 heterocycles. The van der Waals surface area contributed by atoms with Gasteiger partial charge in [-0.2, -0.15) is 11.8 Å². The minimum absolute atomic E-state index is 0.0241. The maximum absolute atomic E-state index is 12.6.